The minimum absolute atomic E-state index is 0.0353. The third-order valence-electron chi connectivity index (χ3n) is 4.81. The standard InChI is InChI=1S/C20H35NO6SSi/c1-19(2,3)26-18(22)21-16(14-25-29(7,8)20(4,5)6)17(27-28(23)24)15-12-10-9-11-13-15/h9-13,16-17H,14H2,1-8H3,(H,21,22)(H,23,24)/t16-,17-/m1/s1. The fraction of sp³-hybridized carbons (Fsp3) is 0.650. The molecule has 0 aromatic heterocycles. The van der Waals surface area contributed by atoms with Crippen molar-refractivity contribution in [3.05, 3.63) is 35.9 Å². The molecule has 3 atom stereocenters. The molecule has 9 heteroatoms. The van der Waals surface area contributed by atoms with Crippen LogP contribution >= 0.6 is 0 Å². The van der Waals surface area contributed by atoms with E-state index in [0.29, 0.717) is 5.56 Å². The normalized spacial score (nSPS) is 16.0. The Balaban J connectivity index is 3.17. The molecule has 7 nitrogen and oxygen atoms in total. The van der Waals surface area contributed by atoms with E-state index >= 15 is 0 Å². The van der Waals surface area contributed by atoms with Crippen LogP contribution < -0.4 is 5.32 Å². The second kappa shape index (κ2) is 10.2. The number of hydrogen-bond donors (Lipinski definition) is 2. The van der Waals surface area contributed by atoms with Gasteiger partial charge in [-0.2, -0.15) is 4.21 Å². The summed E-state index contributed by atoms with van der Waals surface area (Å²) in [5, 5.41) is 2.73. The summed E-state index contributed by atoms with van der Waals surface area (Å²) >= 11 is -2.53. The van der Waals surface area contributed by atoms with Gasteiger partial charge >= 0.3 is 17.5 Å². The Labute approximate surface area is 178 Å². The van der Waals surface area contributed by atoms with Crippen molar-refractivity contribution in [2.75, 3.05) is 6.61 Å². The number of benzene rings is 1. The number of carbonyl (C=O) groups is 1. The van der Waals surface area contributed by atoms with Crippen LogP contribution in [0.1, 0.15) is 53.2 Å². The number of ether oxygens (including phenoxy) is 1. The zero-order valence-electron chi connectivity index (χ0n) is 18.6. The van der Waals surface area contributed by atoms with Crippen molar-refractivity contribution in [3.8, 4) is 0 Å². The molecule has 0 saturated heterocycles. The van der Waals surface area contributed by atoms with Gasteiger partial charge in [-0.3, -0.25) is 8.74 Å². The molecule has 1 aromatic carbocycles. The highest BCUT2D eigenvalue weighted by molar-refractivity contribution is 7.74. The van der Waals surface area contributed by atoms with Crippen LogP contribution in [0.25, 0.3) is 0 Å². The van der Waals surface area contributed by atoms with Crippen LogP contribution in [-0.4, -0.2) is 41.4 Å². The Hall–Kier alpha value is -1.26. The van der Waals surface area contributed by atoms with E-state index in [9.17, 15) is 13.6 Å². The number of nitrogens with one attached hydrogen (secondary N) is 1. The van der Waals surface area contributed by atoms with Crippen molar-refractivity contribution < 1.29 is 26.9 Å². The maximum absolute atomic E-state index is 12.4. The number of hydrogen-bond acceptors (Lipinski definition) is 5. The molecular formula is C20H35NO6SSi. The lowest BCUT2D eigenvalue weighted by molar-refractivity contribution is 0.0396. The van der Waals surface area contributed by atoms with E-state index in [0.717, 1.165) is 0 Å². The fourth-order valence-corrected chi connectivity index (χ4v) is 3.72. The molecule has 29 heavy (non-hydrogen) atoms. The topological polar surface area (TPSA) is 94.1 Å². The molecule has 1 unspecified atom stereocenters. The lowest BCUT2D eigenvalue weighted by atomic mass is 10.0. The number of amides is 1. The summed E-state index contributed by atoms with van der Waals surface area (Å²) in [4.78, 5) is 12.4. The summed E-state index contributed by atoms with van der Waals surface area (Å²) in [6.07, 6.45) is -1.53. The average molecular weight is 446 g/mol. The highest BCUT2D eigenvalue weighted by Crippen LogP contribution is 2.37. The second-order valence-corrected chi connectivity index (χ2v) is 14.9. The molecule has 0 bridgehead atoms. The quantitative estimate of drug-likeness (QED) is 0.441. The van der Waals surface area contributed by atoms with Crippen molar-refractivity contribution >= 4 is 25.8 Å². The third kappa shape index (κ3) is 8.96. The van der Waals surface area contributed by atoms with E-state index in [1.807, 2.05) is 6.07 Å². The number of carbonyl (C=O) groups excluding carboxylic acids is 1. The molecule has 1 amide bonds. The van der Waals surface area contributed by atoms with Crippen LogP contribution in [0.4, 0.5) is 4.79 Å². The lowest BCUT2D eigenvalue weighted by Gasteiger charge is -2.38. The molecule has 2 N–H and O–H groups in total. The zero-order valence-corrected chi connectivity index (χ0v) is 20.5. The minimum atomic E-state index is -2.53. The Morgan fingerprint density at radius 2 is 1.69 bits per heavy atom. The predicted molar refractivity (Wildman–Crippen MR) is 117 cm³/mol. The fourth-order valence-electron chi connectivity index (χ4n) is 2.26. The highest BCUT2D eigenvalue weighted by Gasteiger charge is 2.39. The van der Waals surface area contributed by atoms with Gasteiger partial charge in [-0.25, -0.2) is 4.79 Å². The first-order valence-corrected chi connectivity index (χ1v) is 13.5. The molecule has 166 valence electrons. The highest BCUT2D eigenvalue weighted by atomic mass is 32.2. The third-order valence-corrected chi connectivity index (χ3v) is 9.68. The Morgan fingerprint density at radius 1 is 1.14 bits per heavy atom. The number of alkyl carbamates (subject to hydrolysis) is 1. The predicted octanol–water partition coefficient (Wildman–Crippen LogP) is 4.80. The monoisotopic (exact) mass is 445 g/mol. The summed E-state index contributed by atoms with van der Waals surface area (Å²) in [5.41, 5.74) is -0.0348. The molecule has 0 heterocycles. The molecule has 0 aliphatic rings. The molecule has 0 fully saturated rings. The Morgan fingerprint density at radius 3 is 2.14 bits per heavy atom. The van der Waals surface area contributed by atoms with E-state index in [2.05, 4.69) is 39.2 Å². The van der Waals surface area contributed by atoms with Gasteiger partial charge in [0.1, 0.15) is 11.7 Å². The molecule has 0 aliphatic carbocycles. The molecule has 0 spiro atoms. The Kier molecular flexibility index (Phi) is 9.04. The molecule has 1 aromatic rings. The van der Waals surface area contributed by atoms with Crippen LogP contribution in [0.15, 0.2) is 30.3 Å². The molecule has 0 aliphatic heterocycles. The molecule has 1 rings (SSSR count). The summed E-state index contributed by atoms with van der Waals surface area (Å²) in [6, 6.07) is 8.24. The van der Waals surface area contributed by atoms with Crippen LogP contribution in [0.2, 0.25) is 18.1 Å². The number of rotatable bonds is 8. The second-order valence-electron chi connectivity index (χ2n) is 9.47. The van der Waals surface area contributed by atoms with Crippen LogP contribution in [-0.2, 0) is 24.7 Å². The van der Waals surface area contributed by atoms with Crippen LogP contribution in [0.3, 0.4) is 0 Å². The van der Waals surface area contributed by atoms with Crippen LogP contribution in [0.5, 0.6) is 0 Å². The van der Waals surface area contributed by atoms with Gasteiger partial charge in [0.05, 0.1) is 12.6 Å². The summed E-state index contributed by atoms with van der Waals surface area (Å²) in [5.74, 6) is 0. The van der Waals surface area contributed by atoms with Gasteiger partial charge in [-0.15, -0.1) is 0 Å². The van der Waals surface area contributed by atoms with E-state index in [4.69, 9.17) is 13.3 Å². The first kappa shape index (κ1) is 25.8. The summed E-state index contributed by atoms with van der Waals surface area (Å²) in [6.45, 7) is 16.0. The average Bonchev–Trinajstić information content (AvgIpc) is 2.54. The molecular weight excluding hydrogens is 410 g/mol. The van der Waals surface area contributed by atoms with E-state index in [1.165, 1.54) is 0 Å². The summed E-state index contributed by atoms with van der Waals surface area (Å²) in [7, 11) is -2.14. The van der Waals surface area contributed by atoms with Gasteiger partial charge in [0.25, 0.3) is 0 Å². The lowest BCUT2D eigenvalue weighted by Crippen LogP contribution is -2.49. The van der Waals surface area contributed by atoms with Gasteiger partial charge in [0, 0.05) is 0 Å². The van der Waals surface area contributed by atoms with Gasteiger partial charge in [-0.1, -0.05) is 51.1 Å². The SMILES string of the molecule is CC(C)(C)OC(=O)N[C@H](CO[Si](C)(C)C(C)(C)C)[C@H](OS(=O)O)c1ccccc1. The summed E-state index contributed by atoms with van der Waals surface area (Å²) < 4.78 is 37.8. The minimum Gasteiger partial charge on any atom is -0.444 e. The van der Waals surface area contributed by atoms with E-state index < -0.39 is 43.5 Å². The Bertz CT molecular complexity index is 684. The van der Waals surface area contributed by atoms with Crippen LogP contribution in [0, 0.1) is 0 Å². The molecule has 0 radical (unpaired) electrons. The van der Waals surface area contributed by atoms with Crippen molar-refractivity contribution in [2.24, 2.45) is 0 Å². The van der Waals surface area contributed by atoms with Gasteiger partial charge < -0.3 is 14.5 Å². The van der Waals surface area contributed by atoms with Crippen molar-refractivity contribution in [1.29, 1.82) is 0 Å². The van der Waals surface area contributed by atoms with Gasteiger partial charge in [0.2, 0.25) is 0 Å². The van der Waals surface area contributed by atoms with Gasteiger partial charge in [-0.05, 0) is 44.5 Å². The maximum Gasteiger partial charge on any atom is 0.408 e. The van der Waals surface area contributed by atoms with Crippen molar-refractivity contribution in [3.63, 3.8) is 0 Å². The zero-order chi connectivity index (χ0) is 22.5. The first-order valence-electron chi connectivity index (χ1n) is 9.59. The molecule has 0 saturated carbocycles. The maximum atomic E-state index is 12.4. The van der Waals surface area contributed by atoms with Crippen molar-refractivity contribution in [1.82, 2.24) is 5.32 Å². The van der Waals surface area contributed by atoms with E-state index in [-0.39, 0.29) is 11.6 Å². The van der Waals surface area contributed by atoms with E-state index in [1.54, 1.807) is 45.0 Å². The first-order chi connectivity index (χ1) is 13.1. The van der Waals surface area contributed by atoms with Gasteiger partial charge in [0.15, 0.2) is 8.32 Å². The largest absolute Gasteiger partial charge is 0.444 e. The smallest absolute Gasteiger partial charge is 0.408 e. The van der Waals surface area contributed by atoms with Crippen molar-refractivity contribution in [2.45, 2.75) is 77.4 Å².